The number of carboxylic acid groups (broad SMARTS) is 1. The van der Waals surface area contributed by atoms with Crippen LogP contribution in [-0.4, -0.2) is 62.7 Å². The molecule has 7 nitrogen and oxygen atoms in total. The van der Waals surface area contributed by atoms with Crippen LogP contribution in [0.3, 0.4) is 0 Å². The monoisotopic (exact) mass is 360 g/mol. The molecule has 3 rings (SSSR count). The third-order valence-corrected chi connectivity index (χ3v) is 4.51. The van der Waals surface area contributed by atoms with Gasteiger partial charge in [0.25, 0.3) is 0 Å². The van der Waals surface area contributed by atoms with E-state index >= 15 is 0 Å². The third kappa shape index (κ3) is 4.45. The van der Waals surface area contributed by atoms with Crippen LogP contribution >= 0.6 is 0 Å². The fourth-order valence-electron chi connectivity index (χ4n) is 2.99. The number of aryl methyl sites for hydroxylation is 1. The summed E-state index contributed by atoms with van der Waals surface area (Å²) in [5.74, 6) is -1.22. The van der Waals surface area contributed by atoms with Gasteiger partial charge in [0.05, 0.1) is 11.8 Å². The van der Waals surface area contributed by atoms with E-state index in [1.54, 1.807) is 17.0 Å². The molecule has 0 aliphatic carbocycles. The summed E-state index contributed by atoms with van der Waals surface area (Å²) in [6.45, 7) is 3.50. The first-order valence-electron chi connectivity index (χ1n) is 8.52. The molecular weight excluding hydrogens is 339 g/mol. The number of aromatic carboxylic acids is 1. The minimum atomic E-state index is -1.03. The second kappa shape index (κ2) is 8.09. The molecule has 2 aromatic rings. The normalized spacial score (nSPS) is 15.2. The van der Waals surface area contributed by atoms with Crippen LogP contribution in [0.1, 0.15) is 22.3 Å². The molecule has 2 heterocycles. The fourth-order valence-corrected chi connectivity index (χ4v) is 2.99. The van der Waals surface area contributed by atoms with E-state index in [1.807, 2.05) is 6.07 Å². The molecule has 0 bridgehead atoms. The maximum absolute atomic E-state index is 13.7. The Hall–Kier alpha value is -2.74. The number of aromatic nitrogens is 2. The van der Waals surface area contributed by atoms with Crippen LogP contribution in [0.5, 0.6) is 0 Å². The molecule has 1 aromatic carbocycles. The number of nitrogens with zero attached hydrogens (tertiary/aromatic N) is 4. The number of hydrogen-bond acceptors (Lipinski definition) is 4. The van der Waals surface area contributed by atoms with E-state index in [9.17, 15) is 14.0 Å². The number of carbonyl (C=O) groups is 2. The number of carbonyl (C=O) groups excluding carboxylic acids is 1. The van der Waals surface area contributed by atoms with Crippen molar-refractivity contribution in [2.45, 2.75) is 19.5 Å². The summed E-state index contributed by atoms with van der Waals surface area (Å²) >= 11 is 0. The first-order chi connectivity index (χ1) is 12.5. The highest BCUT2D eigenvalue weighted by molar-refractivity contribution is 5.86. The average Bonchev–Trinajstić information content (AvgIpc) is 3.12. The molecule has 1 fully saturated rings. The van der Waals surface area contributed by atoms with Crippen LogP contribution in [0.15, 0.2) is 36.7 Å². The second-order valence-electron chi connectivity index (χ2n) is 6.30. The van der Waals surface area contributed by atoms with E-state index in [0.29, 0.717) is 44.8 Å². The van der Waals surface area contributed by atoms with Crippen LogP contribution < -0.4 is 0 Å². The SMILES string of the molecule is O=C(O)c1cnn(CCC(=O)N2CCN(Cc3ccccc3F)CC2)c1. The summed E-state index contributed by atoms with van der Waals surface area (Å²) in [6.07, 6.45) is 2.96. The summed E-state index contributed by atoms with van der Waals surface area (Å²) in [6, 6.07) is 6.74. The Bertz CT molecular complexity index is 784. The van der Waals surface area contributed by atoms with Gasteiger partial charge in [0.1, 0.15) is 5.82 Å². The third-order valence-electron chi connectivity index (χ3n) is 4.51. The van der Waals surface area contributed by atoms with Crippen molar-refractivity contribution < 1.29 is 19.1 Å². The van der Waals surface area contributed by atoms with Gasteiger partial charge in [-0.05, 0) is 6.07 Å². The van der Waals surface area contributed by atoms with Crippen LogP contribution in [0.25, 0.3) is 0 Å². The number of piperazine rings is 1. The first-order valence-corrected chi connectivity index (χ1v) is 8.52. The van der Waals surface area contributed by atoms with E-state index in [2.05, 4.69) is 10.00 Å². The lowest BCUT2D eigenvalue weighted by Gasteiger charge is -2.34. The lowest BCUT2D eigenvalue weighted by atomic mass is 10.2. The van der Waals surface area contributed by atoms with Crippen molar-refractivity contribution in [1.82, 2.24) is 19.6 Å². The smallest absolute Gasteiger partial charge is 0.338 e. The van der Waals surface area contributed by atoms with Crippen molar-refractivity contribution >= 4 is 11.9 Å². The predicted molar refractivity (Wildman–Crippen MR) is 92.1 cm³/mol. The van der Waals surface area contributed by atoms with Crippen LogP contribution in [0.4, 0.5) is 4.39 Å². The number of rotatable bonds is 6. The minimum absolute atomic E-state index is 0.0166. The van der Waals surface area contributed by atoms with Gasteiger partial charge in [0.15, 0.2) is 0 Å². The van der Waals surface area contributed by atoms with Gasteiger partial charge in [-0.2, -0.15) is 5.10 Å². The molecule has 1 aliphatic rings. The molecule has 1 aromatic heterocycles. The predicted octanol–water partition coefficient (Wildman–Crippen LogP) is 1.45. The van der Waals surface area contributed by atoms with E-state index < -0.39 is 5.97 Å². The molecule has 138 valence electrons. The molecular formula is C18H21FN4O3. The summed E-state index contributed by atoms with van der Waals surface area (Å²) in [5, 5.41) is 12.8. The highest BCUT2D eigenvalue weighted by Gasteiger charge is 2.21. The summed E-state index contributed by atoms with van der Waals surface area (Å²) < 4.78 is 15.2. The molecule has 1 N–H and O–H groups in total. The van der Waals surface area contributed by atoms with Crippen LogP contribution in [0.2, 0.25) is 0 Å². The standard InChI is InChI=1S/C18H21FN4O3/c19-16-4-2-1-3-14(16)12-21-7-9-22(10-8-21)17(24)5-6-23-13-15(11-20-23)18(25)26/h1-4,11,13H,5-10,12H2,(H,25,26). The Labute approximate surface area is 150 Å². The maximum Gasteiger partial charge on any atom is 0.338 e. The Morgan fingerprint density at radius 1 is 1.15 bits per heavy atom. The average molecular weight is 360 g/mol. The molecule has 0 saturated carbocycles. The van der Waals surface area contributed by atoms with Gasteiger partial charge in [-0.3, -0.25) is 14.4 Å². The Morgan fingerprint density at radius 3 is 2.54 bits per heavy atom. The Kier molecular flexibility index (Phi) is 5.62. The van der Waals surface area contributed by atoms with Gasteiger partial charge in [-0.1, -0.05) is 18.2 Å². The molecule has 1 saturated heterocycles. The summed E-state index contributed by atoms with van der Waals surface area (Å²) in [5.41, 5.74) is 0.777. The minimum Gasteiger partial charge on any atom is -0.478 e. The molecule has 8 heteroatoms. The van der Waals surface area contributed by atoms with E-state index in [-0.39, 0.29) is 23.7 Å². The molecule has 1 aliphatic heterocycles. The Morgan fingerprint density at radius 2 is 1.88 bits per heavy atom. The van der Waals surface area contributed by atoms with Gasteiger partial charge < -0.3 is 10.0 Å². The number of carboxylic acids is 1. The van der Waals surface area contributed by atoms with Crippen molar-refractivity contribution in [2.75, 3.05) is 26.2 Å². The zero-order valence-corrected chi connectivity index (χ0v) is 14.3. The number of halogens is 1. The number of amides is 1. The molecule has 26 heavy (non-hydrogen) atoms. The zero-order chi connectivity index (χ0) is 18.5. The maximum atomic E-state index is 13.7. The number of hydrogen-bond donors (Lipinski definition) is 1. The van der Waals surface area contributed by atoms with Crippen LogP contribution in [0, 0.1) is 5.82 Å². The highest BCUT2D eigenvalue weighted by Crippen LogP contribution is 2.12. The van der Waals surface area contributed by atoms with Gasteiger partial charge >= 0.3 is 5.97 Å². The van der Waals surface area contributed by atoms with Gasteiger partial charge in [-0.15, -0.1) is 0 Å². The van der Waals surface area contributed by atoms with Crippen LogP contribution in [-0.2, 0) is 17.9 Å². The molecule has 0 radical (unpaired) electrons. The summed E-state index contributed by atoms with van der Waals surface area (Å²) in [4.78, 5) is 27.1. The van der Waals surface area contributed by atoms with Crippen molar-refractivity contribution in [1.29, 1.82) is 0 Å². The highest BCUT2D eigenvalue weighted by atomic mass is 19.1. The lowest BCUT2D eigenvalue weighted by Crippen LogP contribution is -2.48. The van der Waals surface area contributed by atoms with Crippen molar-refractivity contribution in [3.8, 4) is 0 Å². The van der Waals surface area contributed by atoms with E-state index in [0.717, 1.165) is 0 Å². The largest absolute Gasteiger partial charge is 0.478 e. The van der Waals surface area contributed by atoms with Gasteiger partial charge in [0.2, 0.25) is 5.91 Å². The second-order valence-corrected chi connectivity index (χ2v) is 6.30. The van der Waals surface area contributed by atoms with Crippen molar-refractivity contribution in [2.24, 2.45) is 0 Å². The van der Waals surface area contributed by atoms with E-state index in [1.165, 1.54) is 23.1 Å². The first kappa shape index (κ1) is 18.1. The van der Waals surface area contributed by atoms with Crippen molar-refractivity contribution in [3.63, 3.8) is 0 Å². The van der Waals surface area contributed by atoms with E-state index in [4.69, 9.17) is 5.11 Å². The lowest BCUT2D eigenvalue weighted by molar-refractivity contribution is -0.133. The summed E-state index contributed by atoms with van der Waals surface area (Å²) in [7, 11) is 0. The Balaban J connectivity index is 1.44. The molecule has 0 unspecified atom stereocenters. The number of benzene rings is 1. The topological polar surface area (TPSA) is 78.7 Å². The van der Waals surface area contributed by atoms with Gasteiger partial charge in [-0.25, -0.2) is 9.18 Å². The zero-order valence-electron chi connectivity index (χ0n) is 14.3. The molecule has 0 atom stereocenters. The van der Waals surface area contributed by atoms with Crippen molar-refractivity contribution in [3.05, 3.63) is 53.6 Å². The fraction of sp³-hybridized carbons (Fsp3) is 0.389. The van der Waals surface area contributed by atoms with Gasteiger partial charge in [0, 0.05) is 57.4 Å². The quantitative estimate of drug-likeness (QED) is 0.844. The molecule has 1 amide bonds. The molecule has 0 spiro atoms.